The molecule has 0 spiro atoms. The number of amides is 1. The van der Waals surface area contributed by atoms with E-state index in [0.29, 0.717) is 5.16 Å². The zero-order chi connectivity index (χ0) is 18.7. The van der Waals surface area contributed by atoms with E-state index in [2.05, 4.69) is 36.8 Å². The Morgan fingerprint density at radius 1 is 1.19 bits per heavy atom. The fraction of sp³-hybridized carbons (Fsp3) is 0.222. The molecule has 8 heteroatoms. The average Bonchev–Trinajstić information content (AvgIpc) is 3.07. The van der Waals surface area contributed by atoms with Crippen LogP contribution in [0.15, 0.2) is 52.1 Å². The lowest BCUT2D eigenvalue weighted by molar-refractivity contribution is -0.115. The van der Waals surface area contributed by atoms with E-state index < -0.39 is 0 Å². The fourth-order valence-corrected chi connectivity index (χ4v) is 3.42. The van der Waals surface area contributed by atoms with Crippen molar-refractivity contribution in [1.82, 2.24) is 20.2 Å². The number of carbonyl (C=O) groups excluding carboxylic acids is 1. The zero-order valence-corrected chi connectivity index (χ0v) is 17.0. The summed E-state index contributed by atoms with van der Waals surface area (Å²) in [4.78, 5) is 12.5. The number of carbonyl (C=O) groups is 1. The second-order valence-corrected chi connectivity index (χ2v) is 8.07. The number of benzene rings is 2. The number of nitrogens with zero attached hydrogens (tertiary/aromatic N) is 4. The summed E-state index contributed by atoms with van der Waals surface area (Å²) in [5.74, 6) is -0.104. The number of thioether (sulfide) groups is 1. The van der Waals surface area contributed by atoms with Crippen molar-refractivity contribution in [3.05, 3.63) is 58.1 Å². The van der Waals surface area contributed by atoms with Crippen LogP contribution < -0.4 is 5.32 Å². The van der Waals surface area contributed by atoms with Crippen LogP contribution in [0.4, 0.5) is 5.69 Å². The van der Waals surface area contributed by atoms with Gasteiger partial charge in [-0.2, -0.15) is 4.68 Å². The highest BCUT2D eigenvalue weighted by Crippen LogP contribution is 2.26. The lowest BCUT2D eigenvalue weighted by Gasteiger charge is -2.13. The fourth-order valence-electron chi connectivity index (χ4n) is 2.36. The van der Waals surface area contributed by atoms with Crippen LogP contribution in [0.2, 0.25) is 0 Å². The highest BCUT2D eigenvalue weighted by molar-refractivity contribution is 9.10. The summed E-state index contributed by atoms with van der Waals surface area (Å²) in [5, 5.41) is 15.1. The average molecular weight is 432 g/mol. The van der Waals surface area contributed by atoms with Crippen molar-refractivity contribution >= 4 is 39.3 Å². The van der Waals surface area contributed by atoms with Crippen molar-refractivity contribution < 1.29 is 4.79 Å². The van der Waals surface area contributed by atoms with Gasteiger partial charge in [0, 0.05) is 10.2 Å². The molecule has 1 N–H and O–H groups in total. The van der Waals surface area contributed by atoms with Gasteiger partial charge in [0.1, 0.15) is 0 Å². The summed E-state index contributed by atoms with van der Waals surface area (Å²) in [7, 11) is 0. The molecule has 3 rings (SSSR count). The monoisotopic (exact) mass is 431 g/mol. The molecule has 1 aromatic heterocycles. The maximum atomic E-state index is 12.5. The zero-order valence-electron chi connectivity index (χ0n) is 14.6. The molecule has 26 heavy (non-hydrogen) atoms. The maximum absolute atomic E-state index is 12.5. The number of anilines is 1. The second kappa shape index (κ2) is 8.01. The van der Waals surface area contributed by atoms with Crippen LogP contribution in [0, 0.1) is 13.8 Å². The number of aryl methyl sites for hydroxylation is 1. The Kier molecular flexibility index (Phi) is 5.73. The molecule has 1 unspecified atom stereocenters. The molecule has 0 radical (unpaired) electrons. The third kappa shape index (κ3) is 4.13. The molecule has 0 aliphatic heterocycles. The van der Waals surface area contributed by atoms with Gasteiger partial charge in [0.05, 0.1) is 10.9 Å². The van der Waals surface area contributed by atoms with Crippen LogP contribution in [0.25, 0.3) is 5.69 Å². The third-order valence-electron chi connectivity index (χ3n) is 4.01. The molecule has 6 nitrogen and oxygen atoms in total. The minimum Gasteiger partial charge on any atom is -0.325 e. The van der Waals surface area contributed by atoms with Crippen molar-refractivity contribution in [2.24, 2.45) is 0 Å². The number of aromatic nitrogens is 4. The van der Waals surface area contributed by atoms with Gasteiger partial charge in [-0.05, 0) is 72.7 Å². The molecule has 0 saturated heterocycles. The summed E-state index contributed by atoms with van der Waals surface area (Å²) >= 11 is 4.70. The van der Waals surface area contributed by atoms with Gasteiger partial charge in [-0.1, -0.05) is 39.8 Å². The number of rotatable bonds is 5. The number of halogens is 1. The van der Waals surface area contributed by atoms with Crippen LogP contribution in [0.5, 0.6) is 0 Å². The Morgan fingerprint density at radius 2 is 1.92 bits per heavy atom. The van der Waals surface area contributed by atoms with Crippen molar-refractivity contribution in [2.45, 2.75) is 31.2 Å². The molecule has 134 valence electrons. The van der Waals surface area contributed by atoms with Gasteiger partial charge in [-0.25, -0.2) is 0 Å². The smallest absolute Gasteiger partial charge is 0.237 e. The topological polar surface area (TPSA) is 72.7 Å². The van der Waals surface area contributed by atoms with Gasteiger partial charge >= 0.3 is 0 Å². The van der Waals surface area contributed by atoms with Crippen LogP contribution >= 0.6 is 27.7 Å². The van der Waals surface area contributed by atoms with Crippen molar-refractivity contribution in [3.8, 4) is 5.69 Å². The van der Waals surface area contributed by atoms with Gasteiger partial charge < -0.3 is 5.32 Å². The van der Waals surface area contributed by atoms with Crippen molar-refractivity contribution in [3.63, 3.8) is 0 Å². The lowest BCUT2D eigenvalue weighted by atomic mass is 10.1. The highest BCUT2D eigenvalue weighted by atomic mass is 79.9. The second-order valence-electron chi connectivity index (χ2n) is 5.85. The molecule has 1 amide bonds. The van der Waals surface area contributed by atoms with Gasteiger partial charge in [0.25, 0.3) is 0 Å². The molecule has 2 aromatic carbocycles. The van der Waals surface area contributed by atoms with Gasteiger partial charge in [0.15, 0.2) is 0 Å². The van der Waals surface area contributed by atoms with E-state index in [1.54, 1.807) is 4.68 Å². The molecule has 0 aliphatic carbocycles. The van der Waals surface area contributed by atoms with Crippen LogP contribution in [-0.2, 0) is 4.79 Å². The molecule has 0 bridgehead atoms. The summed E-state index contributed by atoms with van der Waals surface area (Å²) in [6.45, 7) is 5.91. The molecule has 1 heterocycles. The summed E-state index contributed by atoms with van der Waals surface area (Å²) < 4.78 is 2.64. The van der Waals surface area contributed by atoms with Gasteiger partial charge in [-0.3, -0.25) is 4.79 Å². The number of tetrazole rings is 1. The first-order valence-electron chi connectivity index (χ1n) is 8.04. The maximum Gasteiger partial charge on any atom is 0.237 e. The van der Waals surface area contributed by atoms with Gasteiger partial charge in [0.2, 0.25) is 11.1 Å². The van der Waals surface area contributed by atoms with E-state index >= 15 is 0 Å². The molecule has 0 aliphatic rings. The summed E-state index contributed by atoms with van der Waals surface area (Å²) in [6.07, 6.45) is 0. The van der Waals surface area contributed by atoms with E-state index in [1.807, 2.05) is 63.2 Å². The highest BCUT2D eigenvalue weighted by Gasteiger charge is 2.20. The Morgan fingerprint density at radius 3 is 2.65 bits per heavy atom. The minimum absolute atomic E-state index is 0.104. The number of hydrogen-bond donors (Lipinski definition) is 1. The first-order valence-corrected chi connectivity index (χ1v) is 9.71. The van der Waals surface area contributed by atoms with Crippen LogP contribution in [0.3, 0.4) is 0 Å². The van der Waals surface area contributed by atoms with Crippen molar-refractivity contribution in [2.75, 3.05) is 5.32 Å². The summed E-state index contributed by atoms with van der Waals surface area (Å²) in [6, 6.07) is 13.4. The Balaban J connectivity index is 1.75. The number of hydrogen-bond acceptors (Lipinski definition) is 5. The first kappa shape index (κ1) is 18.6. The van der Waals surface area contributed by atoms with Crippen LogP contribution in [0.1, 0.15) is 18.1 Å². The Hall–Kier alpha value is -2.19. The number of nitrogens with one attached hydrogen (secondary N) is 1. The molecule has 3 aromatic rings. The predicted molar refractivity (Wildman–Crippen MR) is 107 cm³/mol. The third-order valence-corrected chi connectivity index (χ3v) is 5.57. The molecular weight excluding hydrogens is 414 g/mol. The Bertz CT molecular complexity index is 926. The standard InChI is InChI=1S/C18H18BrN5OS/c1-11-5-4-6-16(12(11)2)24-18(21-22-23-24)26-13(3)17(25)20-15-9-7-14(19)8-10-15/h4-10,13H,1-3H3,(H,20,25). The molecule has 1 atom stereocenters. The van der Waals surface area contributed by atoms with E-state index in [1.165, 1.54) is 11.8 Å². The normalized spacial score (nSPS) is 12.0. The SMILES string of the molecule is Cc1cccc(-n2nnnc2SC(C)C(=O)Nc2ccc(Br)cc2)c1C. The lowest BCUT2D eigenvalue weighted by Crippen LogP contribution is -2.23. The molecular formula is C18H18BrN5OS. The quantitative estimate of drug-likeness (QED) is 0.613. The molecule has 0 saturated carbocycles. The van der Waals surface area contributed by atoms with E-state index in [9.17, 15) is 4.79 Å². The largest absolute Gasteiger partial charge is 0.325 e. The van der Waals surface area contributed by atoms with E-state index in [4.69, 9.17) is 0 Å². The minimum atomic E-state index is -0.353. The van der Waals surface area contributed by atoms with E-state index in [-0.39, 0.29) is 11.2 Å². The molecule has 0 fully saturated rings. The van der Waals surface area contributed by atoms with Crippen molar-refractivity contribution in [1.29, 1.82) is 0 Å². The van der Waals surface area contributed by atoms with E-state index in [0.717, 1.165) is 27.0 Å². The summed E-state index contributed by atoms with van der Waals surface area (Å²) in [5.41, 5.74) is 3.93. The Labute approximate surface area is 164 Å². The first-order chi connectivity index (χ1) is 12.5. The predicted octanol–water partition coefficient (Wildman–Crippen LogP) is 4.16. The van der Waals surface area contributed by atoms with Gasteiger partial charge in [-0.15, -0.1) is 5.10 Å². The van der Waals surface area contributed by atoms with Crippen LogP contribution in [-0.4, -0.2) is 31.4 Å².